The average molecular weight is 284 g/mol. The lowest BCUT2D eigenvalue weighted by atomic mass is 10.3. The summed E-state index contributed by atoms with van der Waals surface area (Å²) in [4.78, 5) is 11.0. The van der Waals surface area contributed by atoms with Crippen LogP contribution in [0.5, 0.6) is 0 Å². The van der Waals surface area contributed by atoms with E-state index < -0.39 is 10.7 Å². The molecule has 0 spiro atoms. The van der Waals surface area contributed by atoms with Crippen LogP contribution in [0.2, 0.25) is 5.02 Å². The minimum absolute atomic E-state index is 0.0901. The zero-order chi connectivity index (χ0) is 13.1. The summed E-state index contributed by atoms with van der Waals surface area (Å²) in [5.41, 5.74) is -0.0901. The molecule has 2 rings (SSSR count). The van der Waals surface area contributed by atoms with E-state index in [9.17, 15) is 14.5 Å². The number of nitro benzene ring substituents is 1. The molecule has 0 heterocycles. The second kappa shape index (κ2) is 5.37. The van der Waals surface area contributed by atoms with Gasteiger partial charge in [-0.2, -0.15) is 0 Å². The van der Waals surface area contributed by atoms with Crippen LogP contribution < -0.4 is 0 Å². The van der Waals surface area contributed by atoms with Crippen molar-refractivity contribution in [2.75, 3.05) is 0 Å². The summed E-state index contributed by atoms with van der Waals surface area (Å²) < 4.78 is 13.5. The van der Waals surface area contributed by atoms with Crippen molar-refractivity contribution in [2.24, 2.45) is 0 Å². The van der Waals surface area contributed by atoms with Crippen LogP contribution in [0.4, 0.5) is 10.1 Å². The van der Waals surface area contributed by atoms with Gasteiger partial charge in [0, 0.05) is 16.0 Å². The van der Waals surface area contributed by atoms with E-state index in [2.05, 4.69) is 0 Å². The molecule has 2 aromatic rings. The summed E-state index contributed by atoms with van der Waals surface area (Å²) >= 11 is 6.78. The van der Waals surface area contributed by atoms with Crippen LogP contribution in [0.3, 0.4) is 0 Å². The minimum Gasteiger partial charge on any atom is -0.258 e. The van der Waals surface area contributed by atoms with Gasteiger partial charge in [-0.1, -0.05) is 35.5 Å². The maximum Gasteiger partial charge on any atom is 0.283 e. The number of rotatable bonds is 3. The Labute approximate surface area is 112 Å². The second-order valence-electron chi connectivity index (χ2n) is 3.40. The number of nitro groups is 1. The molecule has 0 aromatic heterocycles. The van der Waals surface area contributed by atoms with Crippen LogP contribution in [-0.4, -0.2) is 4.92 Å². The van der Waals surface area contributed by atoms with Gasteiger partial charge in [-0.25, -0.2) is 4.39 Å². The zero-order valence-electron chi connectivity index (χ0n) is 8.97. The van der Waals surface area contributed by atoms with Crippen molar-refractivity contribution in [2.45, 2.75) is 9.79 Å². The highest BCUT2D eigenvalue weighted by molar-refractivity contribution is 7.99. The molecule has 2 aromatic carbocycles. The summed E-state index contributed by atoms with van der Waals surface area (Å²) in [5.74, 6) is -0.420. The fourth-order valence-electron chi connectivity index (χ4n) is 1.37. The van der Waals surface area contributed by atoms with E-state index in [1.165, 1.54) is 24.3 Å². The number of nitrogens with zero attached hydrogens (tertiary/aromatic N) is 1. The Hall–Kier alpha value is -1.59. The fourth-order valence-corrected chi connectivity index (χ4v) is 2.59. The van der Waals surface area contributed by atoms with Crippen molar-refractivity contribution >= 4 is 29.1 Å². The van der Waals surface area contributed by atoms with E-state index in [4.69, 9.17) is 11.6 Å². The standard InChI is InChI=1S/C12H7ClFNO2S/c13-8-5-6-10(15(16)17)12(7-8)18-11-4-2-1-3-9(11)14/h1-7H. The van der Waals surface area contributed by atoms with E-state index in [1.807, 2.05) is 0 Å². The second-order valence-corrected chi connectivity index (χ2v) is 4.92. The Kier molecular flexibility index (Phi) is 3.84. The topological polar surface area (TPSA) is 43.1 Å². The molecule has 92 valence electrons. The molecule has 0 radical (unpaired) electrons. The quantitative estimate of drug-likeness (QED) is 0.613. The van der Waals surface area contributed by atoms with Crippen LogP contribution in [0.1, 0.15) is 0 Å². The summed E-state index contributed by atoms with van der Waals surface area (Å²) in [6.07, 6.45) is 0. The minimum atomic E-state index is -0.514. The number of benzene rings is 2. The van der Waals surface area contributed by atoms with Crippen molar-refractivity contribution in [3.63, 3.8) is 0 Å². The lowest BCUT2D eigenvalue weighted by Gasteiger charge is -2.04. The molecule has 0 saturated heterocycles. The molecule has 6 heteroatoms. The monoisotopic (exact) mass is 283 g/mol. The fraction of sp³-hybridized carbons (Fsp3) is 0. The van der Waals surface area contributed by atoms with Crippen LogP contribution in [0.25, 0.3) is 0 Å². The van der Waals surface area contributed by atoms with E-state index in [1.54, 1.807) is 18.2 Å². The Bertz CT molecular complexity index is 606. The molecular weight excluding hydrogens is 277 g/mol. The summed E-state index contributed by atoms with van der Waals surface area (Å²) in [5, 5.41) is 11.2. The molecule has 0 bridgehead atoms. The smallest absolute Gasteiger partial charge is 0.258 e. The number of halogens is 2. The normalized spacial score (nSPS) is 10.3. The third-order valence-corrected chi connectivity index (χ3v) is 3.51. The van der Waals surface area contributed by atoms with Crippen LogP contribution in [0, 0.1) is 15.9 Å². The van der Waals surface area contributed by atoms with Gasteiger partial charge in [0.15, 0.2) is 0 Å². The molecule has 0 aliphatic heterocycles. The first kappa shape index (κ1) is 12.9. The molecule has 0 unspecified atom stereocenters. The van der Waals surface area contributed by atoms with Gasteiger partial charge in [-0.3, -0.25) is 10.1 Å². The molecule has 3 nitrogen and oxygen atoms in total. The van der Waals surface area contributed by atoms with E-state index in [0.29, 0.717) is 14.8 Å². The van der Waals surface area contributed by atoms with Crippen molar-refractivity contribution in [1.29, 1.82) is 0 Å². The van der Waals surface area contributed by atoms with Crippen LogP contribution in [-0.2, 0) is 0 Å². The SMILES string of the molecule is O=[N+]([O-])c1ccc(Cl)cc1Sc1ccccc1F. The van der Waals surface area contributed by atoms with Gasteiger partial charge in [-0.15, -0.1) is 0 Å². The third-order valence-electron chi connectivity index (χ3n) is 2.18. The van der Waals surface area contributed by atoms with E-state index in [0.717, 1.165) is 11.8 Å². The Morgan fingerprint density at radius 3 is 2.56 bits per heavy atom. The lowest BCUT2D eigenvalue weighted by molar-refractivity contribution is -0.387. The third kappa shape index (κ3) is 2.80. The van der Waals surface area contributed by atoms with E-state index >= 15 is 0 Å². The van der Waals surface area contributed by atoms with Gasteiger partial charge in [0.2, 0.25) is 0 Å². The van der Waals surface area contributed by atoms with Crippen molar-refractivity contribution in [3.05, 3.63) is 63.4 Å². The van der Waals surface area contributed by atoms with Gasteiger partial charge in [-0.05, 0) is 24.3 Å². The lowest BCUT2D eigenvalue weighted by Crippen LogP contribution is -1.91. The Balaban J connectivity index is 2.42. The first-order chi connectivity index (χ1) is 8.58. The molecule has 0 saturated carbocycles. The Morgan fingerprint density at radius 2 is 1.89 bits per heavy atom. The average Bonchev–Trinajstić information content (AvgIpc) is 2.32. The van der Waals surface area contributed by atoms with E-state index in [-0.39, 0.29) is 5.69 Å². The Morgan fingerprint density at radius 1 is 1.17 bits per heavy atom. The highest BCUT2D eigenvalue weighted by Gasteiger charge is 2.16. The molecule has 18 heavy (non-hydrogen) atoms. The highest BCUT2D eigenvalue weighted by Crippen LogP contribution is 2.37. The van der Waals surface area contributed by atoms with Crippen molar-refractivity contribution in [3.8, 4) is 0 Å². The van der Waals surface area contributed by atoms with Gasteiger partial charge in [0.1, 0.15) is 5.82 Å². The first-order valence-corrected chi connectivity index (χ1v) is 6.13. The molecule has 0 amide bonds. The molecular formula is C12H7ClFNO2S. The summed E-state index contributed by atoms with van der Waals surface area (Å²) in [7, 11) is 0. The molecule has 0 aliphatic carbocycles. The largest absolute Gasteiger partial charge is 0.283 e. The van der Waals surface area contributed by atoms with Gasteiger partial charge < -0.3 is 0 Å². The van der Waals surface area contributed by atoms with Crippen molar-refractivity contribution < 1.29 is 9.31 Å². The van der Waals surface area contributed by atoms with Gasteiger partial charge in [0.05, 0.1) is 9.82 Å². The summed E-state index contributed by atoms with van der Waals surface area (Å²) in [6.45, 7) is 0. The number of hydrogen-bond donors (Lipinski definition) is 0. The number of hydrogen-bond acceptors (Lipinski definition) is 3. The molecule has 0 atom stereocenters. The summed E-state index contributed by atoms with van der Waals surface area (Å²) in [6, 6.07) is 10.3. The predicted molar refractivity (Wildman–Crippen MR) is 68.6 cm³/mol. The maximum absolute atomic E-state index is 13.5. The van der Waals surface area contributed by atoms with Crippen molar-refractivity contribution in [1.82, 2.24) is 0 Å². The van der Waals surface area contributed by atoms with Crippen LogP contribution in [0.15, 0.2) is 52.3 Å². The zero-order valence-corrected chi connectivity index (χ0v) is 10.5. The van der Waals surface area contributed by atoms with Crippen LogP contribution >= 0.6 is 23.4 Å². The molecule has 0 fully saturated rings. The first-order valence-electron chi connectivity index (χ1n) is 4.94. The molecule has 0 aliphatic rings. The molecule has 0 N–H and O–H groups in total. The maximum atomic E-state index is 13.5. The van der Waals surface area contributed by atoms with Gasteiger partial charge >= 0.3 is 0 Å². The predicted octanol–water partition coefficient (Wildman–Crippen LogP) is 4.54. The highest BCUT2D eigenvalue weighted by atomic mass is 35.5. The van der Waals surface area contributed by atoms with Gasteiger partial charge in [0.25, 0.3) is 5.69 Å².